The molecule has 0 bridgehead atoms. The van der Waals surface area contributed by atoms with E-state index in [1.165, 1.54) is 11.8 Å². The number of aromatic nitrogens is 3. The topological polar surface area (TPSA) is 73.0 Å². The number of hydrogen-bond donors (Lipinski definition) is 0. The van der Waals surface area contributed by atoms with Crippen LogP contribution < -0.4 is 9.47 Å². The Morgan fingerprint density at radius 1 is 0.903 bits per heavy atom. The van der Waals surface area contributed by atoms with Crippen molar-refractivity contribution in [3.8, 4) is 34.6 Å². The minimum atomic E-state index is 0.601. The molecule has 0 spiro atoms. The average Bonchev–Trinajstić information content (AvgIpc) is 3.26. The quantitative estimate of drug-likeness (QED) is 0.381. The Balaban J connectivity index is 1.78. The molecule has 0 fully saturated rings. The smallest absolute Gasteiger partial charge is 0.196 e. The highest BCUT2D eigenvalue weighted by Crippen LogP contribution is 2.34. The van der Waals surface area contributed by atoms with Gasteiger partial charge in [0.25, 0.3) is 0 Å². The van der Waals surface area contributed by atoms with Gasteiger partial charge in [-0.2, -0.15) is 5.26 Å². The summed E-state index contributed by atoms with van der Waals surface area (Å²) < 4.78 is 12.9. The summed E-state index contributed by atoms with van der Waals surface area (Å²) in [5.41, 5.74) is 3.37. The number of benzene rings is 3. The van der Waals surface area contributed by atoms with Crippen molar-refractivity contribution in [1.29, 1.82) is 5.26 Å². The van der Waals surface area contributed by atoms with Gasteiger partial charge in [0.2, 0.25) is 0 Å². The molecule has 0 N–H and O–H groups in total. The lowest BCUT2D eigenvalue weighted by Gasteiger charge is -2.13. The molecule has 0 saturated carbocycles. The first-order valence-electron chi connectivity index (χ1n) is 9.59. The maximum Gasteiger partial charge on any atom is 0.196 e. The van der Waals surface area contributed by atoms with E-state index in [1.807, 2.05) is 77.4 Å². The van der Waals surface area contributed by atoms with Gasteiger partial charge in [0.15, 0.2) is 11.0 Å². The molecule has 1 heterocycles. The molecule has 7 heteroatoms. The van der Waals surface area contributed by atoms with Crippen molar-refractivity contribution >= 4 is 11.8 Å². The van der Waals surface area contributed by atoms with Gasteiger partial charge >= 0.3 is 0 Å². The van der Waals surface area contributed by atoms with Gasteiger partial charge in [0.1, 0.15) is 11.5 Å². The van der Waals surface area contributed by atoms with Crippen molar-refractivity contribution in [2.24, 2.45) is 0 Å². The van der Waals surface area contributed by atoms with Crippen molar-refractivity contribution in [3.63, 3.8) is 0 Å². The van der Waals surface area contributed by atoms with E-state index in [9.17, 15) is 5.26 Å². The first-order valence-corrected chi connectivity index (χ1v) is 10.6. The standard InChI is InChI=1S/C24H20N4O2S/c1-29-20-13-11-19(12-14-20)28-23(21-9-5-6-10-22(21)30-2)26-27-24(28)31-16-18-8-4-3-7-17(18)15-25/h3-14H,16H2,1-2H3. The lowest BCUT2D eigenvalue weighted by atomic mass is 10.1. The molecule has 0 aliphatic rings. The molecule has 0 atom stereocenters. The highest BCUT2D eigenvalue weighted by molar-refractivity contribution is 7.98. The minimum absolute atomic E-state index is 0.601. The third kappa shape index (κ3) is 4.25. The zero-order valence-electron chi connectivity index (χ0n) is 17.1. The number of methoxy groups -OCH3 is 2. The lowest BCUT2D eigenvalue weighted by molar-refractivity contribution is 0.414. The number of nitrogens with zero attached hydrogens (tertiary/aromatic N) is 4. The van der Waals surface area contributed by atoms with E-state index in [0.717, 1.165) is 33.5 Å². The fraction of sp³-hybridized carbons (Fsp3) is 0.125. The van der Waals surface area contributed by atoms with Crippen LogP contribution in [0.25, 0.3) is 17.1 Å². The fourth-order valence-corrected chi connectivity index (χ4v) is 4.18. The molecule has 4 rings (SSSR count). The van der Waals surface area contributed by atoms with Gasteiger partial charge in [-0.15, -0.1) is 10.2 Å². The summed E-state index contributed by atoms with van der Waals surface area (Å²) in [6, 6.07) is 25.3. The highest BCUT2D eigenvalue weighted by Gasteiger charge is 2.19. The average molecular weight is 429 g/mol. The number of nitriles is 1. The molecule has 1 aromatic heterocycles. The van der Waals surface area contributed by atoms with Crippen molar-refractivity contribution in [2.75, 3.05) is 14.2 Å². The second-order valence-corrected chi connectivity index (χ2v) is 7.54. The monoisotopic (exact) mass is 428 g/mol. The summed E-state index contributed by atoms with van der Waals surface area (Å²) in [5.74, 6) is 2.77. The first-order chi connectivity index (χ1) is 15.2. The van der Waals surface area contributed by atoms with E-state index < -0.39 is 0 Å². The van der Waals surface area contributed by atoms with Gasteiger partial charge in [0, 0.05) is 5.75 Å². The number of rotatable bonds is 7. The number of thioether (sulfide) groups is 1. The molecule has 6 nitrogen and oxygen atoms in total. The zero-order valence-corrected chi connectivity index (χ0v) is 18.0. The van der Waals surface area contributed by atoms with E-state index >= 15 is 0 Å². The summed E-state index contributed by atoms with van der Waals surface area (Å²) in [6.45, 7) is 0. The molecule has 31 heavy (non-hydrogen) atoms. The summed E-state index contributed by atoms with van der Waals surface area (Å²) >= 11 is 1.53. The van der Waals surface area contributed by atoms with Gasteiger partial charge in [-0.25, -0.2) is 0 Å². The Hall–Kier alpha value is -3.76. The van der Waals surface area contributed by atoms with Crippen LogP contribution in [0.15, 0.2) is 78.0 Å². The molecule has 0 aliphatic carbocycles. The first kappa shape index (κ1) is 20.5. The predicted octanol–water partition coefficient (Wildman–Crippen LogP) is 5.12. The van der Waals surface area contributed by atoms with E-state index in [4.69, 9.17) is 9.47 Å². The molecular formula is C24H20N4O2S. The Kier molecular flexibility index (Phi) is 6.20. The van der Waals surface area contributed by atoms with E-state index in [1.54, 1.807) is 14.2 Å². The third-order valence-corrected chi connectivity index (χ3v) is 5.78. The van der Waals surface area contributed by atoms with Crippen LogP contribution in [0.5, 0.6) is 11.5 Å². The number of hydrogen-bond acceptors (Lipinski definition) is 6. The lowest BCUT2D eigenvalue weighted by Crippen LogP contribution is -2.01. The second-order valence-electron chi connectivity index (χ2n) is 6.60. The van der Waals surface area contributed by atoms with Crippen LogP contribution in [0.3, 0.4) is 0 Å². The minimum Gasteiger partial charge on any atom is -0.497 e. The Labute approximate surface area is 185 Å². The van der Waals surface area contributed by atoms with Crippen molar-refractivity contribution in [2.45, 2.75) is 10.9 Å². The van der Waals surface area contributed by atoms with Crippen LogP contribution in [0, 0.1) is 11.3 Å². The van der Waals surface area contributed by atoms with Gasteiger partial charge in [0.05, 0.1) is 37.1 Å². The summed E-state index contributed by atoms with van der Waals surface area (Å²) in [7, 11) is 3.28. The summed E-state index contributed by atoms with van der Waals surface area (Å²) in [6.07, 6.45) is 0. The maximum absolute atomic E-state index is 9.39. The normalized spacial score (nSPS) is 10.5. The van der Waals surface area contributed by atoms with Gasteiger partial charge in [-0.05, 0) is 48.0 Å². The second kappa shape index (κ2) is 9.37. The van der Waals surface area contributed by atoms with E-state index in [2.05, 4.69) is 16.3 Å². The fourth-order valence-electron chi connectivity index (χ4n) is 3.23. The van der Waals surface area contributed by atoms with E-state index in [0.29, 0.717) is 17.1 Å². The third-order valence-electron chi connectivity index (χ3n) is 4.81. The highest BCUT2D eigenvalue weighted by atomic mass is 32.2. The molecule has 0 radical (unpaired) electrons. The largest absolute Gasteiger partial charge is 0.497 e. The molecule has 0 aliphatic heterocycles. The molecule has 0 amide bonds. The molecular weight excluding hydrogens is 408 g/mol. The molecule has 3 aromatic carbocycles. The Morgan fingerprint density at radius 3 is 2.39 bits per heavy atom. The number of para-hydroxylation sites is 1. The number of ether oxygens (including phenoxy) is 2. The maximum atomic E-state index is 9.39. The molecule has 4 aromatic rings. The Bertz CT molecular complexity index is 1230. The molecule has 154 valence electrons. The van der Waals surface area contributed by atoms with Crippen molar-refractivity contribution < 1.29 is 9.47 Å². The van der Waals surface area contributed by atoms with Crippen molar-refractivity contribution in [3.05, 3.63) is 83.9 Å². The van der Waals surface area contributed by atoms with E-state index in [-0.39, 0.29) is 0 Å². The zero-order chi connectivity index (χ0) is 21.6. The van der Waals surface area contributed by atoms with Gasteiger partial charge in [-0.1, -0.05) is 42.1 Å². The van der Waals surface area contributed by atoms with Crippen LogP contribution in [-0.4, -0.2) is 29.0 Å². The Morgan fingerprint density at radius 2 is 1.65 bits per heavy atom. The summed E-state index contributed by atoms with van der Waals surface area (Å²) in [5, 5.41) is 19.1. The van der Waals surface area contributed by atoms with Gasteiger partial charge in [-0.3, -0.25) is 4.57 Å². The van der Waals surface area contributed by atoms with Crippen molar-refractivity contribution in [1.82, 2.24) is 14.8 Å². The van der Waals surface area contributed by atoms with Crippen LogP contribution in [-0.2, 0) is 5.75 Å². The van der Waals surface area contributed by atoms with Crippen LogP contribution >= 0.6 is 11.8 Å². The molecule has 0 saturated heterocycles. The van der Waals surface area contributed by atoms with Crippen LogP contribution in [0.2, 0.25) is 0 Å². The molecule has 0 unspecified atom stereocenters. The van der Waals surface area contributed by atoms with Crippen LogP contribution in [0.1, 0.15) is 11.1 Å². The summed E-state index contributed by atoms with van der Waals surface area (Å²) in [4.78, 5) is 0. The van der Waals surface area contributed by atoms with Crippen LogP contribution in [0.4, 0.5) is 0 Å². The predicted molar refractivity (Wildman–Crippen MR) is 121 cm³/mol. The SMILES string of the molecule is COc1ccc(-n2c(SCc3ccccc3C#N)nnc2-c2ccccc2OC)cc1. The van der Waals surface area contributed by atoms with Gasteiger partial charge < -0.3 is 9.47 Å².